The van der Waals surface area contributed by atoms with Crippen LogP contribution < -0.4 is 5.32 Å². The molecular formula is C33H30ClFN6O. The first-order valence-corrected chi connectivity index (χ1v) is 14.3. The van der Waals surface area contributed by atoms with Crippen LogP contribution in [0.25, 0.3) is 11.3 Å². The molecule has 0 fully saturated rings. The number of nitrogens with one attached hydrogen (secondary N) is 2. The van der Waals surface area contributed by atoms with E-state index in [4.69, 9.17) is 16.6 Å². The third-order valence-electron chi connectivity index (χ3n) is 7.60. The topological polar surface area (TPSA) is 86.8 Å². The number of benzene rings is 2. The summed E-state index contributed by atoms with van der Waals surface area (Å²) >= 11 is 6.14. The zero-order valence-corrected chi connectivity index (χ0v) is 23.7. The molecule has 1 unspecified atom stereocenters. The van der Waals surface area contributed by atoms with Crippen LogP contribution in [-0.4, -0.2) is 30.7 Å². The quantitative estimate of drug-likeness (QED) is 0.203. The number of imidazole rings is 1. The number of carbonyl (C=O) groups is 1. The second-order valence-electron chi connectivity index (χ2n) is 10.4. The van der Waals surface area contributed by atoms with Gasteiger partial charge in [0.25, 0.3) is 5.91 Å². The molecule has 0 radical (unpaired) electrons. The number of fused-ring (bicyclic) bond motifs is 1. The average Bonchev–Trinajstić information content (AvgIpc) is 3.48. The number of hydrogen-bond acceptors (Lipinski definition) is 5. The average molecular weight is 581 g/mol. The van der Waals surface area contributed by atoms with Gasteiger partial charge in [-0.2, -0.15) is 0 Å². The van der Waals surface area contributed by atoms with E-state index in [9.17, 15) is 9.18 Å². The Morgan fingerprint density at radius 2 is 1.88 bits per heavy atom. The van der Waals surface area contributed by atoms with Gasteiger partial charge in [0.2, 0.25) is 0 Å². The Morgan fingerprint density at radius 3 is 2.76 bits per heavy atom. The largest absolute Gasteiger partial charge is 0.348 e. The lowest BCUT2D eigenvalue weighted by Crippen LogP contribution is -2.32. The molecule has 7 nitrogen and oxygen atoms in total. The van der Waals surface area contributed by atoms with Gasteiger partial charge in [-0.15, -0.1) is 0 Å². The summed E-state index contributed by atoms with van der Waals surface area (Å²) in [4.78, 5) is 31.7. The van der Waals surface area contributed by atoms with Crippen molar-refractivity contribution in [1.29, 1.82) is 0 Å². The summed E-state index contributed by atoms with van der Waals surface area (Å²) in [5.41, 5.74) is 6.00. The summed E-state index contributed by atoms with van der Waals surface area (Å²) in [6, 6.07) is 20.8. The van der Waals surface area contributed by atoms with E-state index in [-0.39, 0.29) is 17.8 Å². The minimum absolute atomic E-state index is 0.106. The van der Waals surface area contributed by atoms with Gasteiger partial charge in [0.15, 0.2) is 0 Å². The Balaban J connectivity index is 1.24. The van der Waals surface area contributed by atoms with Crippen molar-refractivity contribution in [3.05, 3.63) is 136 Å². The molecule has 42 heavy (non-hydrogen) atoms. The van der Waals surface area contributed by atoms with E-state index < -0.39 is 0 Å². The molecule has 1 amide bonds. The number of nitrogens with zero attached hydrogens (tertiary/aromatic N) is 4. The predicted octanol–water partition coefficient (Wildman–Crippen LogP) is 6.67. The molecule has 0 bridgehead atoms. The van der Waals surface area contributed by atoms with Crippen molar-refractivity contribution in [3.63, 3.8) is 0 Å². The van der Waals surface area contributed by atoms with Crippen LogP contribution in [0.2, 0.25) is 5.02 Å². The first kappa shape index (κ1) is 27.8. The summed E-state index contributed by atoms with van der Waals surface area (Å²) in [7, 11) is 0. The highest BCUT2D eigenvalue weighted by Crippen LogP contribution is 2.35. The molecule has 0 saturated heterocycles. The third kappa shape index (κ3) is 6.25. The van der Waals surface area contributed by atoms with Gasteiger partial charge in [-0.3, -0.25) is 19.7 Å². The van der Waals surface area contributed by atoms with Crippen molar-refractivity contribution in [3.8, 4) is 11.3 Å². The minimum atomic E-state index is -0.287. The molecule has 3 aromatic heterocycles. The molecule has 0 aliphatic heterocycles. The molecule has 1 atom stereocenters. The number of hydrogen-bond donors (Lipinski definition) is 2. The maximum Gasteiger partial charge on any atom is 0.253 e. The van der Waals surface area contributed by atoms with Crippen LogP contribution in [0.5, 0.6) is 0 Å². The normalized spacial score (nSPS) is 14.5. The Hall–Kier alpha value is -4.40. The molecule has 6 rings (SSSR count). The fourth-order valence-electron chi connectivity index (χ4n) is 5.58. The number of pyridine rings is 2. The summed E-state index contributed by atoms with van der Waals surface area (Å²) in [6.45, 7) is 1.55. The van der Waals surface area contributed by atoms with Gasteiger partial charge in [0.05, 0.1) is 40.8 Å². The SMILES string of the molecule is O=C(NCc1cccc(CN(Cc2ncc(-c3ccccc3F)[nH]2)C2CCCc3cccnc32)c1)c1ccncc1Cl. The summed E-state index contributed by atoms with van der Waals surface area (Å²) in [6.07, 6.45) is 9.63. The molecule has 3 heterocycles. The molecule has 0 saturated carbocycles. The fourth-order valence-corrected chi connectivity index (χ4v) is 5.78. The van der Waals surface area contributed by atoms with Gasteiger partial charge in [0, 0.05) is 37.2 Å². The van der Waals surface area contributed by atoms with E-state index in [1.807, 2.05) is 30.5 Å². The highest BCUT2D eigenvalue weighted by Gasteiger charge is 2.28. The first-order valence-electron chi connectivity index (χ1n) is 14.0. The van der Waals surface area contributed by atoms with E-state index >= 15 is 0 Å². The van der Waals surface area contributed by atoms with Crippen molar-refractivity contribution >= 4 is 17.5 Å². The fraction of sp³-hybridized carbons (Fsp3) is 0.212. The van der Waals surface area contributed by atoms with Crippen molar-refractivity contribution in [1.82, 2.24) is 30.2 Å². The van der Waals surface area contributed by atoms with E-state index in [1.165, 1.54) is 17.8 Å². The third-order valence-corrected chi connectivity index (χ3v) is 7.90. The zero-order chi connectivity index (χ0) is 28.9. The van der Waals surface area contributed by atoms with E-state index in [0.29, 0.717) is 41.5 Å². The maximum absolute atomic E-state index is 14.5. The second kappa shape index (κ2) is 12.6. The van der Waals surface area contributed by atoms with Gasteiger partial charge in [-0.05, 0) is 60.2 Å². The van der Waals surface area contributed by atoms with Crippen LogP contribution in [0.1, 0.15) is 57.5 Å². The predicted molar refractivity (Wildman–Crippen MR) is 160 cm³/mol. The van der Waals surface area contributed by atoms with Crippen LogP contribution in [-0.2, 0) is 26.1 Å². The monoisotopic (exact) mass is 580 g/mol. The number of halogens is 2. The highest BCUT2D eigenvalue weighted by molar-refractivity contribution is 6.33. The van der Waals surface area contributed by atoms with Crippen molar-refractivity contribution in [2.45, 2.75) is 44.9 Å². The zero-order valence-electron chi connectivity index (χ0n) is 22.9. The Morgan fingerprint density at radius 1 is 1.00 bits per heavy atom. The summed E-state index contributed by atoms with van der Waals surface area (Å²) in [5, 5.41) is 3.27. The Bertz CT molecular complexity index is 1710. The molecule has 1 aliphatic carbocycles. The van der Waals surface area contributed by atoms with Crippen molar-refractivity contribution in [2.24, 2.45) is 0 Å². The van der Waals surface area contributed by atoms with Gasteiger partial charge in [-0.25, -0.2) is 9.37 Å². The highest BCUT2D eigenvalue weighted by atomic mass is 35.5. The number of aromatic nitrogens is 4. The number of rotatable bonds is 9. The van der Waals surface area contributed by atoms with Crippen LogP contribution in [0.3, 0.4) is 0 Å². The molecule has 1 aliphatic rings. The van der Waals surface area contributed by atoms with Crippen LogP contribution >= 0.6 is 11.6 Å². The maximum atomic E-state index is 14.5. The van der Waals surface area contributed by atoms with Crippen LogP contribution in [0.15, 0.2) is 91.5 Å². The first-order chi connectivity index (χ1) is 20.5. The summed E-state index contributed by atoms with van der Waals surface area (Å²) in [5.74, 6) is 0.224. The lowest BCUT2D eigenvalue weighted by Gasteiger charge is -2.34. The van der Waals surface area contributed by atoms with Gasteiger partial charge >= 0.3 is 0 Å². The van der Waals surface area contributed by atoms with Crippen LogP contribution in [0, 0.1) is 5.82 Å². The standard InChI is InChI=1S/C33H30ClFN6O/c34-27-18-36-15-13-25(27)33(42)39-17-22-6-3-7-23(16-22)20-41(30-12-4-8-24-9-5-14-37-32(24)30)21-31-38-19-29(40-31)26-10-1-2-11-28(26)35/h1-3,5-7,9-11,13-16,18-19,30H,4,8,12,17,20-21H2,(H,38,40)(H,39,42). The molecule has 5 aromatic rings. The molecule has 2 N–H and O–H groups in total. The minimum Gasteiger partial charge on any atom is -0.348 e. The number of aryl methyl sites for hydroxylation is 1. The van der Waals surface area contributed by atoms with Crippen LogP contribution in [0.4, 0.5) is 4.39 Å². The van der Waals surface area contributed by atoms with Gasteiger partial charge < -0.3 is 10.3 Å². The number of amides is 1. The van der Waals surface area contributed by atoms with Gasteiger partial charge in [0.1, 0.15) is 11.6 Å². The summed E-state index contributed by atoms with van der Waals surface area (Å²) < 4.78 is 14.5. The lowest BCUT2D eigenvalue weighted by molar-refractivity contribution is 0.0951. The molecule has 212 valence electrons. The van der Waals surface area contributed by atoms with Gasteiger partial charge in [-0.1, -0.05) is 54.1 Å². The number of aromatic amines is 1. The Kier molecular flexibility index (Phi) is 8.35. The van der Waals surface area contributed by atoms with Crippen molar-refractivity contribution < 1.29 is 9.18 Å². The lowest BCUT2D eigenvalue weighted by atomic mass is 9.90. The van der Waals surface area contributed by atoms with E-state index in [0.717, 1.165) is 41.9 Å². The molecular weight excluding hydrogens is 551 g/mol. The smallest absolute Gasteiger partial charge is 0.253 e. The molecule has 0 spiro atoms. The number of carbonyl (C=O) groups excluding carboxylic acids is 1. The molecule has 2 aromatic carbocycles. The number of H-pyrrole nitrogens is 1. The van der Waals surface area contributed by atoms with E-state index in [2.05, 4.69) is 43.4 Å². The van der Waals surface area contributed by atoms with E-state index in [1.54, 1.807) is 30.6 Å². The molecule has 9 heteroatoms. The van der Waals surface area contributed by atoms with Crippen molar-refractivity contribution in [2.75, 3.05) is 0 Å². The second-order valence-corrected chi connectivity index (χ2v) is 10.8. The Labute approximate surface area is 248 Å².